The number of hydrogen-bond donors (Lipinski definition) is 0. The molecule has 0 bridgehead atoms. The Bertz CT molecular complexity index is 700. The number of methoxy groups -OCH3 is 1. The fraction of sp³-hybridized carbons (Fsp3) is 0.300. The van der Waals surface area contributed by atoms with Crippen LogP contribution in [-0.2, 0) is 16.1 Å². The molecular formula is C20H23NO4. The van der Waals surface area contributed by atoms with Gasteiger partial charge in [-0.3, -0.25) is 9.59 Å². The molecule has 2 aromatic carbocycles. The zero-order valence-electron chi connectivity index (χ0n) is 14.6. The van der Waals surface area contributed by atoms with E-state index in [9.17, 15) is 9.59 Å². The Morgan fingerprint density at radius 1 is 1.04 bits per heavy atom. The van der Waals surface area contributed by atoms with Crippen molar-refractivity contribution in [3.63, 3.8) is 0 Å². The van der Waals surface area contributed by atoms with Gasteiger partial charge in [0.25, 0.3) is 5.91 Å². The van der Waals surface area contributed by atoms with E-state index in [4.69, 9.17) is 4.74 Å². The Morgan fingerprint density at radius 2 is 1.80 bits per heavy atom. The van der Waals surface area contributed by atoms with Gasteiger partial charge in [0.15, 0.2) is 0 Å². The van der Waals surface area contributed by atoms with Crippen LogP contribution in [0.3, 0.4) is 0 Å². The smallest absolute Gasteiger partial charge is 0.305 e. The van der Waals surface area contributed by atoms with Gasteiger partial charge in [0.1, 0.15) is 12.4 Å². The minimum atomic E-state index is -0.267. The van der Waals surface area contributed by atoms with E-state index in [-0.39, 0.29) is 11.9 Å². The van der Waals surface area contributed by atoms with Crippen LogP contribution in [0.15, 0.2) is 54.6 Å². The fourth-order valence-electron chi connectivity index (χ4n) is 2.34. The summed E-state index contributed by atoms with van der Waals surface area (Å²) in [5, 5.41) is 0. The zero-order valence-corrected chi connectivity index (χ0v) is 14.6. The van der Waals surface area contributed by atoms with Crippen molar-refractivity contribution in [2.75, 3.05) is 20.7 Å². The maximum atomic E-state index is 12.5. The average molecular weight is 341 g/mol. The van der Waals surface area contributed by atoms with Crippen LogP contribution >= 0.6 is 0 Å². The topological polar surface area (TPSA) is 55.8 Å². The number of hydrogen-bond acceptors (Lipinski definition) is 4. The van der Waals surface area contributed by atoms with Gasteiger partial charge in [-0.2, -0.15) is 0 Å². The highest BCUT2D eigenvalue weighted by Gasteiger charge is 2.13. The van der Waals surface area contributed by atoms with E-state index in [1.807, 2.05) is 36.4 Å². The monoisotopic (exact) mass is 341 g/mol. The van der Waals surface area contributed by atoms with Gasteiger partial charge < -0.3 is 14.4 Å². The number of amides is 1. The summed E-state index contributed by atoms with van der Waals surface area (Å²) in [6, 6.07) is 17.0. The van der Waals surface area contributed by atoms with Crippen LogP contribution in [-0.4, -0.2) is 37.5 Å². The SMILES string of the molecule is COC(=O)CCCN(C)C(=O)c1cccc(OCc2ccccc2)c1. The lowest BCUT2D eigenvalue weighted by Crippen LogP contribution is -2.28. The van der Waals surface area contributed by atoms with E-state index in [0.29, 0.717) is 37.3 Å². The van der Waals surface area contributed by atoms with Crippen molar-refractivity contribution in [2.24, 2.45) is 0 Å². The molecule has 5 heteroatoms. The van der Waals surface area contributed by atoms with Crippen molar-refractivity contribution in [1.82, 2.24) is 4.90 Å². The third-order valence-corrected chi connectivity index (χ3v) is 3.78. The number of nitrogens with zero attached hydrogens (tertiary/aromatic N) is 1. The lowest BCUT2D eigenvalue weighted by atomic mass is 10.2. The molecule has 5 nitrogen and oxygen atoms in total. The van der Waals surface area contributed by atoms with E-state index in [1.54, 1.807) is 30.1 Å². The third kappa shape index (κ3) is 5.95. The number of carbonyl (C=O) groups is 2. The summed E-state index contributed by atoms with van der Waals surface area (Å²) < 4.78 is 10.4. The molecule has 0 saturated heterocycles. The van der Waals surface area contributed by atoms with Crippen LogP contribution in [0.5, 0.6) is 5.75 Å². The summed E-state index contributed by atoms with van der Waals surface area (Å²) in [6.45, 7) is 0.941. The van der Waals surface area contributed by atoms with Gasteiger partial charge in [-0.15, -0.1) is 0 Å². The quantitative estimate of drug-likeness (QED) is 0.692. The molecule has 132 valence electrons. The summed E-state index contributed by atoms with van der Waals surface area (Å²) in [6.07, 6.45) is 0.869. The molecule has 0 heterocycles. The predicted molar refractivity (Wildman–Crippen MR) is 95.4 cm³/mol. The number of esters is 1. The molecule has 2 rings (SSSR count). The molecule has 0 saturated carbocycles. The van der Waals surface area contributed by atoms with Crippen molar-refractivity contribution in [3.05, 3.63) is 65.7 Å². The fourth-order valence-corrected chi connectivity index (χ4v) is 2.34. The Hall–Kier alpha value is -2.82. The lowest BCUT2D eigenvalue weighted by Gasteiger charge is -2.17. The molecule has 2 aromatic rings. The Morgan fingerprint density at radius 3 is 2.52 bits per heavy atom. The highest BCUT2D eigenvalue weighted by atomic mass is 16.5. The van der Waals surface area contributed by atoms with E-state index in [1.165, 1.54) is 7.11 Å². The Balaban J connectivity index is 1.90. The Labute approximate surface area is 148 Å². The van der Waals surface area contributed by atoms with Crippen LogP contribution in [0.25, 0.3) is 0 Å². The molecule has 0 fully saturated rings. The molecule has 1 amide bonds. The third-order valence-electron chi connectivity index (χ3n) is 3.78. The zero-order chi connectivity index (χ0) is 18.1. The van der Waals surface area contributed by atoms with E-state index >= 15 is 0 Å². The van der Waals surface area contributed by atoms with Gasteiger partial charge in [0, 0.05) is 25.6 Å². The van der Waals surface area contributed by atoms with Gasteiger partial charge >= 0.3 is 5.97 Å². The first-order valence-corrected chi connectivity index (χ1v) is 8.19. The molecule has 25 heavy (non-hydrogen) atoms. The minimum Gasteiger partial charge on any atom is -0.489 e. The molecular weight excluding hydrogens is 318 g/mol. The largest absolute Gasteiger partial charge is 0.489 e. The minimum absolute atomic E-state index is 0.102. The predicted octanol–water partition coefficient (Wildman–Crippen LogP) is 3.29. The number of benzene rings is 2. The first-order chi connectivity index (χ1) is 12.1. The van der Waals surface area contributed by atoms with Crippen LogP contribution in [0, 0.1) is 0 Å². The molecule has 0 aromatic heterocycles. The normalized spacial score (nSPS) is 10.2. The number of carbonyl (C=O) groups excluding carboxylic acids is 2. The maximum Gasteiger partial charge on any atom is 0.305 e. The van der Waals surface area contributed by atoms with Crippen molar-refractivity contribution in [1.29, 1.82) is 0 Å². The number of rotatable bonds is 8. The average Bonchev–Trinajstić information content (AvgIpc) is 2.66. The molecule has 0 radical (unpaired) electrons. The summed E-state index contributed by atoms with van der Waals surface area (Å²) in [4.78, 5) is 25.2. The second kappa shape index (κ2) is 9.47. The van der Waals surface area contributed by atoms with Crippen LogP contribution < -0.4 is 4.74 Å². The van der Waals surface area contributed by atoms with Crippen molar-refractivity contribution in [2.45, 2.75) is 19.4 Å². The highest BCUT2D eigenvalue weighted by Crippen LogP contribution is 2.16. The van der Waals surface area contributed by atoms with Gasteiger partial charge in [0.2, 0.25) is 0 Å². The number of ether oxygens (including phenoxy) is 2. The molecule has 0 spiro atoms. The van der Waals surface area contributed by atoms with E-state index < -0.39 is 0 Å². The molecule has 0 unspecified atom stereocenters. The molecule has 0 aliphatic heterocycles. The van der Waals surface area contributed by atoms with Crippen molar-refractivity contribution < 1.29 is 19.1 Å². The molecule has 0 aliphatic rings. The highest BCUT2D eigenvalue weighted by molar-refractivity contribution is 5.94. The summed E-state index contributed by atoms with van der Waals surface area (Å²) in [5.74, 6) is 0.282. The van der Waals surface area contributed by atoms with Crippen molar-refractivity contribution in [3.8, 4) is 5.75 Å². The first-order valence-electron chi connectivity index (χ1n) is 8.19. The van der Waals surface area contributed by atoms with Gasteiger partial charge in [-0.05, 0) is 30.2 Å². The van der Waals surface area contributed by atoms with Crippen LogP contribution in [0.2, 0.25) is 0 Å². The molecule has 0 N–H and O–H groups in total. The summed E-state index contributed by atoms with van der Waals surface area (Å²) in [5.41, 5.74) is 1.63. The molecule has 0 aliphatic carbocycles. The standard InChI is InChI=1S/C20H23NO4/c1-21(13-7-12-19(22)24-2)20(23)17-10-6-11-18(14-17)25-15-16-8-4-3-5-9-16/h3-6,8-11,14H,7,12-13,15H2,1-2H3. The van der Waals surface area contributed by atoms with E-state index in [0.717, 1.165) is 5.56 Å². The Kier molecular flexibility index (Phi) is 7.01. The second-order valence-electron chi connectivity index (χ2n) is 5.71. The summed E-state index contributed by atoms with van der Waals surface area (Å²) in [7, 11) is 3.08. The van der Waals surface area contributed by atoms with Gasteiger partial charge in [-0.25, -0.2) is 0 Å². The first kappa shape index (κ1) is 18.5. The van der Waals surface area contributed by atoms with Crippen molar-refractivity contribution >= 4 is 11.9 Å². The lowest BCUT2D eigenvalue weighted by molar-refractivity contribution is -0.140. The second-order valence-corrected chi connectivity index (χ2v) is 5.71. The van der Waals surface area contributed by atoms with E-state index in [2.05, 4.69) is 4.74 Å². The summed E-state index contributed by atoms with van der Waals surface area (Å²) >= 11 is 0. The van der Waals surface area contributed by atoms with Gasteiger partial charge in [0.05, 0.1) is 7.11 Å². The molecule has 0 atom stereocenters. The van der Waals surface area contributed by atoms with Gasteiger partial charge in [-0.1, -0.05) is 36.4 Å². The van der Waals surface area contributed by atoms with Crippen LogP contribution in [0.4, 0.5) is 0 Å². The maximum absolute atomic E-state index is 12.5. The van der Waals surface area contributed by atoms with Crippen LogP contribution in [0.1, 0.15) is 28.8 Å².